The molecule has 0 saturated heterocycles. The first-order valence-electron chi connectivity index (χ1n) is 5.39. The van der Waals surface area contributed by atoms with E-state index in [0.29, 0.717) is 5.06 Å². The number of nitrogens with zero attached hydrogens (tertiary/aromatic N) is 1. The van der Waals surface area contributed by atoms with Crippen molar-refractivity contribution in [3.63, 3.8) is 0 Å². The lowest BCUT2D eigenvalue weighted by molar-refractivity contribution is -0.0947. The molecule has 1 amide bonds. The summed E-state index contributed by atoms with van der Waals surface area (Å²) in [4.78, 5) is 20.7. The maximum atomic E-state index is 12.0. The van der Waals surface area contributed by atoms with E-state index in [2.05, 4.69) is 9.68 Å². The highest BCUT2D eigenvalue weighted by molar-refractivity contribution is 7.93. The van der Waals surface area contributed by atoms with Crippen LogP contribution in [0.1, 0.15) is 0 Å². The van der Waals surface area contributed by atoms with Gasteiger partial charge in [-0.15, -0.1) is 0 Å². The fourth-order valence-electron chi connectivity index (χ4n) is 1.25. The molecule has 0 aliphatic carbocycles. The molecule has 21 heavy (non-hydrogen) atoms. The van der Waals surface area contributed by atoms with Gasteiger partial charge in [-0.25, -0.2) is 21.6 Å². The fraction of sp³-hybridized carbons (Fsp3) is 0.300. The number of sulfonamides is 1. The van der Waals surface area contributed by atoms with Crippen LogP contribution >= 0.6 is 0 Å². The summed E-state index contributed by atoms with van der Waals surface area (Å²) in [6.45, 7) is 0. The Balaban J connectivity index is 3.08. The first-order chi connectivity index (χ1) is 9.59. The zero-order chi connectivity index (χ0) is 16.3. The summed E-state index contributed by atoms with van der Waals surface area (Å²) in [7, 11) is -5.77. The Morgan fingerprint density at radius 1 is 1.14 bits per heavy atom. The van der Waals surface area contributed by atoms with Crippen molar-refractivity contribution in [2.75, 3.05) is 20.4 Å². The summed E-state index contributed by atoms with van der Waals surface area (Å²) in [5.41, 5.74) is 0. The van der Waals surface area contributed by atoms with Gasteiger partial charge in [0.15, 0.2) is 9.84 Å². The number of carbonyl (C=O) groups excluding carboxylic acids is 1. The molecular formula is C10H14N2O7S2. The third kappa shape index (κ3) is 4.39. The topological polar surface area (TPSA) is 119 Å². The second-order valence-electron chi connectivity index (χ2n) is 3.85. The summed E-state index contributed by atoms with van der Waals surface area (Å²) in [6, 6.07) is 4.92. The lowest BCUT2D eigenvalue weighted by Gasteiger charge is -2.14. The molecule has 0 heterocycles. The van der Waals surface area contributed by atoms with Crippen LogP contribution in [0, 0.1) is 0 Å². The van der Waals surface area contributed by atoms with Gasteiger partial charge in [-0.2, -0.15) is 5.06 Å². The first kappa shape index (κ1) is 17.4. The van der Waals surface area contributed by atoms with Gasteiger partial charge in [-0.1, -0.05) is 12.1 Å². The van der Waals surface area contributed by atoms with Crippen LogP contribution in [0.15, 0.2) is 34.1 Å². The molecule has 0 fully saturated rings. The Bertz CT molecular complexity index is 728. The van der Waals surface area contributed by atoms with Crippen LogP contribution in [0.4, 0.5) is 4.79 Å². The quantitative estimate of drug-likeness (QED) is 0.745. The maximum absolute atomic E-state index is 12.0. The van der Waals surface area contributed by atoms with Gasteiger partial charge in [0.2, 0.25) is 0 Å². The average Bonchev–Trinajstić information content (AvgIpc) is 2.43. The molecule has 1 rings (SSSR count). The molecule has 1 N–H and O–H groups in total. The Labute approximate surface area is 122 Å². The van der Waals surface area contributed by atoms with Gasteiger partial charge in [0.05, 0.1) is 12.0 Å². The van der Waals surface area contributed by atoms with Crippen molar-refractivity contribution in [3.05, 3.63) is 24.3 Å². The van der Waals surface area contributed by atoms with Crippen LogP contribution in [0.3, 0.4) is 0 Å². The zero-order valence-electron chi connectivity index (χ0n) is 11.4. The number of amides is 1. The van der Waals surface area contributed by atoms with Gasteiger partial charge in [-0.05, 0) is 17.0 Å². The highest BCUT2D eigenvalue weighted by Crippen LogP contribution is 2.20. The first-order valence-corrected chi connectivity index (χ1v) is 8.76. The van der Waals surface area contributed by atoms with Gasteiger partial charge in [-0.3, -0.25) is 4.84 Å². The summed E-state index contributed by atoms with van der Waals surface area (Å²) in [6.07, 6.45) is -0.260. The van der Waals surface area contributed by atoms with E-state index in [1.165, 1.54) is 31.2 Å². The third-order valence-electron chi connectivity index (χ3n) is 2.31. The number of rotatable bonds is 5. The number of benzene rings is 1. The molecule has 0 atom stereocenters. The normalized spacial score (nSPS) is 12.0. The van der Waals surface area contributed by atoms with Crippen LogP contribution in [0.5, 0.6) is 0 Å². The molecule has 1 aromatic carbocycles. The van der Waals surface area contributed by atoms with Crippen molar-refractivity contribution in [2.24, 2.45) is 0 Å². The molecule has 0 spiro atoms. The Kier molecular flexibility index (Phi) is 5.28. The molecule has 0 radical (unpaired) electrons. The molecule has 0 aliphatic rings. The van der Waals surface area contributed by atoms with E-state index in [1.807, 2.05) is 0 Å². The largest absolute Gasteiger partial charge is 0.453 e. The van der Waals surface area contributed by atoms with E-state index in [0.717, 1.165) is 18.4 Å². The van der Waals surface area contributed by atoms with Gasteiger partial charge in [0.25, 0.3) is 10.0 Å². The molecule has 11 heteroatoms. The monoisotopic (exact) mass is 338 g/mol. The zero-order valence-corrected chi connectivity index (χ0v) is 13.1. The highest BCUT2D eigenvalue weighted by atomic mass is 32.2. The second kappa shape index (κ2) is 6.39. The van der Waals surface area contributed by atoms with Gasteiger partial charge >= 0.3 is 6.09 Å². The minimum atomic E-state index is -4.37. The van der Waals surface area contributed by atoms with Crippen molar-refractivity contribution in [2.45, 2.75) is 9.79 Å². The molecule has 0 unspecified atom stereocenters. The van der Waals surface area contributed by atoms with Crippen LogP contribution in [-0.2, 0) is 29.5 Å². The lowest BCUT2D eigenvalue weighted by Crippen LogP contribution is -2.34. The molecule has 9 nitrogen and oxygen atoms in total. The Hall–Kier alpha value is -1.69. The standard InChI is InChI=1S/C10H14N2O7S2/c1-12(18-2)10(13)19-11-21(16,17)9-7-5-4-6-8(9)20(3,14)15/h4-7,11H,1-3H3. The van der Waals surface area contributed by atoms with Crippen molar-refractivity contribution < 1.29 is 31.3 Å². The number of hydrogen-bond donors (Lipinski definition) is 1. The van der Waals surface area contributed by atoms with E-state index >= 15 is 0 Å². The molecule has 1 aromatic rings. The minimum absolute atomic E-state index is 0.409. The van der Waals surface area contributed by atoms with Gasteiger partial charge in [0.1, 0.15) is 4.90 Å². The smallest absolute Gasteiger partial charge is 0.337 e. The van der Waals surface area contributed by atoms with E-state index < -0.39 is 35.7 Å². The molecule has 118 valence electrons. The number of nitrogens with one attached hydrogen (secondary N) is 1. The van der Waals surface area contributed by atoms with Crippen LogP contribution in [-0.4, -0.2) is 48.4 Å². The van der Waals surface area contributed by atoms with Crippen molar-refractivity contribution in [1.82, 2.24) is 9.95 Å². The lowest BCUT2D eigenvalue weighted by atomic mass is 10.4. The Morgan fingerprint density at radius 2 is 1.67 bits per heavy atom. The van der Waals surface area contributed by atoms with E-state index in [1.54, 1.807) is 0 Å². The summed E-state index contributed by atoms with van der Waals surface area (Å²) in [5, 5.41) is 0.630. The second-order valence-corrected chi connectivity index (χ2v) is 7.45. The molecule has 0 aromatic heterocycles. The average molecular weight is 338 g/mol. The Morgan fingerprint density at radius 3 is 2.14 bits per heavy atom. The third-order valence-corrected chi connectivity index (χ3v) is 4.83. The molecule has 0 aliphatic heterocycles. The number of sulfone groups is 1. The SMILES string of the molecule is CON(C)C(=O)ONS(=O)(=O)c1ccccc1S(C)(=O)=O. The van der Waals surface area contributed by atoms with Crippen molar-refractivity contribution >= 4 is 26.0 Å². The molecule has 0 saturated carbocycles. The summed E-state index contributed by atoms with van der Waals surface area (Å²) in [5.74, 6) is 0. The highest BCUT2D eigenvalue weighted by Gasteiger charge is 2.25. The van der Waals surface area contributed by atoms with Gasteiger partial charge in [0, 0.05) is 13.3 Å². The minimum Gasteiger partial charge on any atom is -0.337 e. The maximum Gasteiger partial charge on any atom is 0.453 e. The van der Waals surface area contributed by atoms with E-state index in [-0.39, 0.29) is 0 Å². The van der Waals surface area contributed by atoms with Crippen LogP contribution in [0.2, 0.25) is 0 Å². The summed E-state index contributed by atoms with van der Waals surface area (Å²) >= 11 is 0. The number of carbonyl (C=O) groups is 1. The van der Waals surface area contributed by atoms with E-state index in [4.69, 9.17) is 0 Å². The summed E-state index contributed by atoms with van der Waals surface area (Å²) < 4.78 is 47.1. The van der Waals surface area contributed by atoms with Gasteiger partial charge < -0.3 is 4.84 Å². The van der Waals surface area contributed by atoms with E-state index in [9.17, 15) is 21.6 Å². The number of hydrogen-bond acceptors (Lipinski definition) is 7. The van der Waals surface area contributed by atoms with Crippen LogP contribution in [0.25, 0.3) is 0 Å². The number of hydroxylamine groups is 2. The fourth-order valence-corrected chi connectivity index (χ4v) is 3.66. The predicted molar refractivity (Wildman–Crippen MR) is 71.1 cm³/mol. The van der Waals surface area contributed by atoms with Crippen LogP contribution < -0.4 is 4.89 Å². The predicted octanol–water partition coefficient (Wildman–Crippen LogP) is -0.0868. The van der Waals surface area contributed by atoms with Crippen molar-refractivity contribution in [3.8, 4) is 0 Å². The van der Waals surface area contributed by atoms with Crippen molar-refractivity contribution in [1.29, 1.82) is 0 Å². The molecular weight excluding hydrogens is 324 g/mol. The molecule has 0 bridgehead atoms.